The van der Waals surface area contributed by atoms with Crippen LogP contribution in [0.1, 0.15) is 34.7 Å². The number of amides is 1. The lowest BCUT2D eigenvalue weighted by molar-refractivity contribution is -0.127. The van der Waals surface area contributed by atoms with Gasteiger partial charge in [-0.3, -0.25) is 4.79 Å². The Labute approximate surface area is 172 Å². The van der Waals surface area contributed by atoms with Crippen molar-refractivity contribution >= 4 is 39.2 Å². The lowest BCUT2D eigenvalue weighted by Gasteiger charge is -2.17. The molecule has 4 rings (SSSR count). The fraction of sp³-hybridized carbons (Fsp3) is 0.381. The second-order valence-electron chi connectivity index (χ2n) is 7.10. The minimum atomic E-state index is -0.284. The molecule has 28 heavy (non-hydrogen) atoms. The van der Waals surface area contributed by atoms with E-state index in [1.165, 1.54) is 41.1 Å². The highest BCUT2D eigenvalue weighted by atomic mass is 32.2. The zero-order valence-corrected chi connectivity index (χ0v) is 17.6. The fourth-order valence-electron chi connectivity index (χ4n) is 3.54. The quantitative estimate of drug-likeness (QED) is 0.445. The van der Waals surface area contributed by atoms with Gasteiger partial charge in [0.1, 0.15) is 21.5 Å². The molecular formula is C21H22FN3OS2. The van der Waals surface area contributed by atoms with Gasteiger partial charge in [0.15, 0.2) is 0 Å². The Morgan fingerprint density at radius 2 is 2.04 bits per heavy atom. The van der Waals surface area contributed by atoms with Crippen LogP contribution >= 0.6 is 23.1 Å². The van der Waals surface area contributed by atoms with E-state index in [2.05, 4.69) is 9.97 Å². The van der Waals surface area contributed by atoms with Crippen molar-refractivity contribution in [1.82, 2.24) is 14.9 Å². The Morgan fingerprint density at radius 3 is 2.86 bits per heavy atom. The van der Waals surface area contributed by atoms with Crippen LogP contribution in [0.3, 0.4) is 0 Å². The predicted molar refractivity (Wildman–Crippen MR) is 112 cm³/mol. The SMILES string of the molecule is Cc1nc(SCC(=O)N(C)Cc2ccccc2F)c2c3c(sc2n1)CCCC3. The molecule has 0 aliphatic heterocycles. The molecule has 0 bridgehead atoms. The van der Waals surface area contributed by atoms with Crippen molar-refractivity contribution in [2.75, 3.05) is 12.8 Å². The number of aromatic nitrogens is 2. The first-order valence-electron chi connectivity index (χ1n) is 9.42. The molecule has 0 unspecified atom stereocenters. The molecular weight excluding hydrogens is 393 g/mol. The lowest BCUT2D eigenvalue weighted by Crippen LogP contribution is -2.28. The lowest BCUT2D eigenvalue weighted by atomic mass is 9.97. The van der Waals surface area contributed by atoms with Gasteiger partial charge in [0.05, 0.1) is 5.75 Å². The summed E-state index contributed by atoms with van der Waals surface area (Å²) in [6.07, 6.45) is 4.61. The average Bonchev–Trinajstić information content (AvgIpc) is 3.05. The largest absolute Gasteiger partial charge is 0.341 e. The van der Waals surface area contributed by atoms with Crippen molar-refractivity contribution in [3.63, 3.8) is 0 Å². The van der Waals surface area contributed by atoms with E-state index in [0.29, 0.717) is 5.56 Å². The number of carbonyl (C=O) groups excluding carboxylic acids is 1. The van der Waals surface area contributed by atoms with Crippen LogP contribution in [0.15, 0.2) is 29.3 Å². The number of hydrogen-bond acceptors (Lipinski definition) is 5. The second kappa shape index (κ2) is 8.17. The van der Waals surface area contributed by atoms with Gasteiger partial charge >= 0.3 is 0 Å². The van der Waals surface area contributed by atoms with Crippen LogP contribution < -0.4 is 0 Å². The van der Waals surface area contributed by atoms with E-state index in [0.717, 1.165) is 33.9 Å². The van der Waals surface area contributed by atoms with Gasteiger partial charge in [0.25, 0.3) is 0 Å². The molecule has 0 radical (unpaired) electrons. The number of aryl methyl sites for hydroxylation is 3. The molecule has 1 aliphatic carbocycles. The summed E-state index contributed by atoms with van der Waals surface area (Å²) in [5, 5.41) is 2.04. The maximum atomic E-state index is 13.8. The summed E-state index contributed by atoms with van der Waals surface area (Å²) in [6.45, 7) is 2.16. The number of thiophene rings is 1. The van der Waals surface area contributed by atoms with Crippen LogP contribution in [0.25, 0.3) is 10.2 Å². The Kier molecular flexibility index (Phi) is 5.64. The third-order valence-corrected chi connectivity index (χ3v) is 7.16. The van der Waals surface area contributed by atoms with Crippen LogP contribution in [-0.2, 0) is 24.2 Å². The van der Waals surface area contributed by atoms with Gasteiger partial charge in [0, 0.05) is 29.4 Å². The first kappa shape index (κ1) is 19.3. The monoisotopic (exact) mass is 415 g/mol. The zero-order valence-electron chi connectivity index (χ0n) is 16.0. The highest BCUT2D eigenvalue weighted by Crippen LogP contribution is 2.39. The molecule has 1 aliphatic rings. The maximum absolute atomic E-state index is 13.8. The number of thioether (sulfide) groups is 1. The van der Waals surface area contributed by atoms with Crippen molar-refractivity contribution < 1.29 is 9.18 Å². The van der Waals surface area contributed by atoms with Gasteiger partial charge < -0.3 is 4.90 Å². The predicted octanol–water partition coefficient (Wildman–Crippen LogP) is 4.77. The van der Waals surface area contributed by atoms with Crippen LogP contribution in [0.2, 0.25) is 0 Å². The minimum Gasteiger partial charge on any atom is -0.341 e. The molecule has 0 N–H and O–H groups in total. The number of rotatable bonds is 5. The number of hydrogen-bond donors (Lipinski definition) is 0. The number of nitrogens with zero attached hydrogens (tertiary/aromatic N) is 3. The smallest absolute Gasteiger partial charge is 0.233 e. The molecule has 4 nitrogen and oxygen atoms in total. The van der Waals surface area contributed by atoms with Crippen molar-refractivity contribution in [2.45, 2.75) is 44.2 Å². The van der Waals surface area contributed by atoms with E-state index >= 15 is 0 Å². The number of halogens is 1. The highest BCUT2D eigenvalue weighted by molar-refractivity contribution is 8.00. The van der Waals surface area contributed by atoms with Gasteiger partial charge in [0.2, 0.25) is 5.91 Å². The van der Waals surface area contributed by atoms with Crippen molar-refractivity contribution in [3.05, 3.63) is 51.9 Å². The molecule has 2 heterocycles. The molecule has 0 atom stereocenters. The summed E-state index contributed by atoms with van der Waals surface area (Å²) in [5.74, 6) is 0.691. The topological polar surface area (TPSA) is 46.1 Å². The van der Waals surface area contributed by atoms with Crippen LogP contribution in [0.5, 0.6) is 0 Å². The molecule has 3 aromatic rings. The molecule has 0 saturated heterocycles. The van der Waals surface area contributed by atoms with E-state index in [-0.39, 0.29) is 24.0 Å². The molecule has 0 spiro atoms. The third kappa shape index (κ3) is 3.91. The summed E-state index contributed by atoms with van der Waals surface area (Å²) in [4.78, 5) is 25.9. The van der Waals surface area contributed by atoms with Gasteiger partial charge in [-0.1, -0.05) is 30.0 Å². The Morgan fingerprint density at radius 1 is 1.25 bits per heavy atom. The normalized spacial score (nSPS) is 13.5. The highest BCUT2D eigenvalue weighted by Gasteiger charge is 2.22. The van der Waals surface area contributed by atoms with E-state index in [1.54, 1.807) is 41.5 Å². The van der Waals surface area contributed by atoms with E-state index in [1.807, 2.05) is 6.92 Å². The molecule has 1 aromatic carbocycles. The maximum Gasteiger partial charge on any atom is 0.233 e. The zero-order chi connectivity index (χ0) is 19.7. The molecule has 1 amide bonds. The van der Waals surface area contributed by atoms with E-state index in [9.17, 15) is 9.18 Å². The fourth-order valence-corrected chi connectivity index (χ4v) is 5.95. The molecule has 146 valence electrons. The Balaban J connectivity index is 1.51. The Bertz CT molecular complexity index is 1030. The van der Waals surface area contributed by atoms with Crippen LogP contribution in [0, 0.1) is 12.7 Å². The van der Waals surface area contributed by atoms with E-state index in [4.69, 9.17) is 0 Å². The first-order valence-corrected chi connectivity index (χ1v) is 11.2. The number of fused-ring (bicyclic) bond motifs is 3. The molecule has 0 saturated carbocycles. The third-order valence-electron chi connectivity index (χ3n) is 5.02. The average molecular weight is 416 g/mol. The summed E-state index contributed by atoms with van der Waals surface area (Å²) in [6, 6.07) is 6.57. The summed E-state index contributed by atoms with van der Waals surface area (Å²) < 4.78 is 13.8. The molecule has 2 aromatic heterocycles. The van der Waals surface area contributed by atoms with Crippen LogP contribution in [0.4, 0.5) is 4.39 Å². The van der Waals surface area contributed by atoms with Crippen molar-refractivity contribution in [2.24, 2.45) is 0 Å². The van der Waals surface area contributed by atoms with Crippen molar-refractivity contribution in [3.8, 4) is 0 Å². The summed E-state index contributed by atoms with van der Waals surface area (Å²) >= 11 is 3.23. The summed E-state index contributed by atoms with van der Waals surface area (Å²) in [7, 11) is 1.71. The standard InChI is InChI=1S/C21H22FN3OS2/c1-13-23-20(19-15-8-4-6-10-17(15)28-21(19)24-13)27-12-18(26)25(2)11-14-7-3-5-9-16(14)22/h3,5,7,9H,4,6,8,10-12H2,1-2H3. The summed E-state index contributed by atoms with van der Waals surface area (Å²) in [5.41, 5.74) is 1.90. The van der Waals surface area contributed by atoms with Gasteiger partial charge in [-0.15, -0.1) is 11.3 Å². The number of benzene rings is 1. The first-order chi connectivity index (χ1) is 13.5. The Hall–Kier alpha value is -1.99. The molecule has 7 heteroatoms. The van der Waals surface area contributed by atoms with E-state index < -0.39 is 0 Å². The minimum absolute atomic E-state index is 0.0400. The number of carbonyl (C=O) groups is 1. The van der Waals surface area contributed by atoms with Gasteiger partial charge in [-0.05, 0) is 44.2 Å². The molecule has 0 fully saturated rings. The van der Waals surface area contributed by atoms with Crippen molar-refractivity contribution in [1.29, 1.82) is 0 Å². The second-order valence-corrected chi connectivity index (χ2v) is 9.14. The van der Waals surface area contributed by atoms with Gasteiger partial charge in [-0.2, -0.15) is 0 Å². The van der Waals surface area contributed by atoms with Crippen LogP contribution in [-0.4, -0.2) is 33.6 Å². The van der Waals surface area contributed by atoms with Gasteiger partial charge in [-0.25, -0.2) is 14.4 Å².